The van der Waals surface area contributed by atoms with Gasteiger partial charge in [-0.2, -0.15) is 0 Å². The second kappa shape index (κ2) is 10.5. The van der Waals surface area contributed by atoms with E-state index in [2.05, 4.69) is 39.3 Å². The van der Waals surface area contributed by atoms with Crippen LogP contribution in [0.25, 0.3) is 10.9 Å². The van der Waals surface area contributed by atoms with E-state index in [-0.39, 0.29) is 16.6 Å². The van der Waals surface area contributed by atoms with Crippen LogP contribution in [0.1, 0.15) is 24.3 Å². The number of rotatable bonds is 5. The van der Waals surface area contributed by atoms with Gasteiger partial charge in [-0.3, -0.25) is 4.79 Å². The van der Waals surface area contributed by atoms with Crippen molar-refractivity contribution in [2.75, 3.05) is 74.9 Å². The highest BCUT2D eigenvalue weighted by atomic mass is 16.5. The number of nitrogens with one attached hydrogen (secondary N) is 3. The maximum atomic E-state index is 13.3. The number of piperazine rings is 2. The van der Waals surface area contributed by atoms with E-state index in [4.69, 9.17) is 0 Å². The van der Waals surface area contributed by atoms with Gasteiger partial charge in [-0.05, 0) is 50.2 Å². The number of urea groups is 1. The highest BCUT2D eigenvalue weighted by Crippen LogP contribution is 2.26. The Morgan fingerprint density at radius 1 is 1.03 bits per heavy atom. The molecule has 2 saturated heterocycles. The first kappa shape index (κ1) is 25.8. The van der Waals surface area contributed by atoms with Gasteiger partial charge in [0.05, 0.1) is 38.9 Å². The summed E-state index contributed by atoms with van der Waals surface area (Å²) in [4.78, 5) is 39.5. The number of carbonyl (C=O) groups is 2. The number of benzene rings is 1. The summed E-state index contributed by atoms with van der Waals surface area (Å²) in [6.45, 7) is 8.45. The van der Waals surface area contributed by atoms with E-state index in [1.165, 1.54) is 0 Å². The fourth-order valence-corrected chi connectivity index (χ4v) is 4.98. The lowest BCUT2D eigenvalue weighted by atomic mass is 10.2. The topological polar surface area (TPSA) is 120 Å². The van der Waals surface area contributed by atoms with Crippen molar-refractivity contribution in [2.45, 2.75) is 19.9 Å². The van der Waals surface area contributed by atoms with Crippen LogP contribution >= 0.6 is 0 Å². The van der Waals surface area contributed by atoms with Gasteiger partial charge in [-0.25, -0.2) is 9.78 Å². The van der Waals surface area contributed by atoms with E-state index in [9.17, 15) is 14.8 Å². The molecule has 202 valence electrons. The lowest BCUT2D eigenvalue weighted by Gasteiger charge is -2.45. The summed E-state index contributed by atoms with van der Waals surface area (Å²) < 4.78 is -0.315. The Labute approximate surface area is 222 Å². The standard InChI is InChI=1S/C27H36N8O3/c1-19(2)29-23-5-4-8-28-25(23)32-9-11-33(12-10-32)26(36)24-18-20-17-21(6-7-22(20)31-24)30-27(37)34-13-15-35(3,38)16-14-34/h4-8,17-19,29,31H,9-16H2,1-3H3,(H,30,37). The molecule has 3 amide bonds. The van der Waals surface area contributed by atoms with E-state index in [1.807, 2.05) is 41.3 Å². The number of hydroxylamine groups is 3. The average molecular weight is 521 g/mol. The molecule has 2 aliphatic heterocycles. The molecule has 4 heterocycles. The number of likely N-dealkylation sites (N-methyl/N-ethyl adjacent to an activating group) is 1. The van der Waals surface area contributed by atoms with E-state index in [0.29, 0.717) is 69.8 Å². The molecule has 11 heteroatoms. The van der Waals surface area contributed by atoms with Crippen LogP contribution in [-0.4, -0.2) is 102 Å². The Morgan fingerprint density at radius 2 is 1.76 bits per heavy atom. The first-order valence-corrected chi connectivity index (χ1v) is 13.2. The van der Waals surface area contributed by atoms with Crippen LogP contribution in [-0.2, 0) is 0 Å². The Kier molecular flexibility index (Phi) is 7.13. The Hall–Kier alpha value is -3.83. The van der Waals surface area contributed by atoms with Crippen molar-refractivity contribution in [2.24, 2.45) is 0 Å². The molecular formula is C27H36N8O3. The first-order chi connectivity index (χ1) is 18.2. The minimum atomic E-state index is -0.315. The maximum absolute atomic E-state index is 13.3. The Morgan fingerprint density at radius 3 is 2.47 bits per heavy atom. The van der Waals surface area contributed by atoms with Gasteiger partial charge in [0.25, 0.3) is 5.91 Å². The molecule has 0 radical (unpaired) electrons. The van der Waals surface area contributed by atoms with Gasteiger partial charge in [0.2, 0.25) is 0 Å². The molecule has 0 saturated carbocycles. The molecule has 0 aliphatic carbocycles. The van der Waals surface area contributed by atoms with Gasteiger partial charge in [-0.15, -0.1) is 0 Å². The van der Waals surface area contributed by atoms with Gasteiger partial charge < -0.3 is 40.2 Å². The number of amides is 3. The lowest BCUT2D eigenvalue weighted by molar-refractivity contribution is -0.864. The Bertz CT molecular complexity index is 1300. The molecule has 0 unspecified atom stereocenters. The minimum Gasteiger partial charge on any atom is -0.633 e. The lowest BCUT2D eigenvalue weighted by Crippen LogP contribution is -2.55. The van der Waals surface area contributed by atoms with Crippen molar-refractivity contribution < 1.29 is 14.2 Å². The normalized spacial score (nSPS) is 17.7. The van der Waals surface area contributed by atoms with E-state index in [0.717, 1.165) is 22.4 Å². The summed E-state index contributed by atoms with van der Waals surface area (Å²) >= 11 is 0. The number of hydrogen-bond acceptors (Lipinski definition) is 6. The van der Waals surface area contributed by atoms with Crippen molar-refractivity contribution in [1.82, 2.24) is 19.8 Å². The molecule has 0 spiro atoms. The molecular weight excluding hydrogens is 484 g/mol. The maximum Gasteiger partial charge on any atom is 0.322 e. The zero-order valence-electron chi connectivity index (χ0n) is 22.2. The number of carbonyl (C=O) groups excluding carboxylic acids is 2. The molecule has 2 fully saturated rings. The number of nitrogens with zero attached hydrogens (tertiary/aromatic N) is 5. The smallest absolute Gasteiger partial charge is 0.322 e. The second-order valence-electron chi connectivity index (χ2n) is 10.6. The zero-order valence-corrected chi connectivity index (χ0v) is 22.2. The third-order valence-electron chi connectivity index (χ3n) is 7.17. The number of anilines is 3. The number of hydrogen-bond donors (Lipinski definition) is 3. The van der Waals surface area contributed by atoms with Crippen molar-refractivity contribution in [1.29, 1.82) is 0 Å². The van der Waals surface area contributed by atoms with Crippen molar-refractivity contribution in [3.05, 3.63) is 53.5 Å². The van der Waals surface area contributed by atoms with Gasteiger partial charge in [0.1, 0.15) is 5.69 Å². The second-order valence-corrected chi connectivity index (χ2v) is 10.6. The van der Waals surface area contributed by atoms with Gasteiger partial charge in [-0.1, -0.05) is 0 Å². The van der Waals surface area contributed by atoms with Gasteiger partial charge >= 0.3 is 6.03 Å². The van der Waals surface area contributed by atoms with Crippen LogP contribution in [0.2, 0.25) is 0 Å². The van der Waals surface area contributed by atoms with Crippen LogP contribution in [0.5, 0.6) is 0 Å². The van der Waals surface area contributed by atoms with Gasteiger partial charge in [0, 0.05) is 55.0 Å². The molecule has 0 bridgehead atoms. The largest absolute Gasteiger partial charge is 0.633 e. The summed E-state index contributed by atoms with van der Waals surface area (Å²) in [5.41, 5.74) is 3.02. The molecule has 5 rings (SSSR count). The number of pyridine rings is 1. The molecule has 11 nitrogen and oxygen atoms in total. The predicted octanol–water partition coefficient (Wildman–Crippen LogP) is 3.14. The van der Waals surface area contributed by atoms with Crippen LogP contribution in [0.4, 0.5) is 22.0 Å². The SMILES string of the molecule is CC(C)Nc1cccnc1N1CCN(C(=O)c2cc3cc(NC(=O)N4CC[N+](C)([O-])CC4)ccc3[nH]2)CC1. The number of fused-ring (bicyclic) bond motifs is 1. The monoisotopic (exact) mass is 520 g/mol. The summed E-state index contributed by atoms with van der Waals surface area (Å²) in [6.07, 6.45) is 1.80. The summed E-state index contributed by atoms with van der Waals surface area (Å²) in [7, 11) is 1.63. The zero-order chi connectivity index (χ0) is 26.9. The Balaban J connectivity index is 1.21. The third kappa shape index (κ3) is 5.68. The first-order valence-electron chi connectivity index (χ1n) is 13.2. The molecule has 2 aliphatic rings. The van der Waals surface area contributed by atoms with Crippen LogP contribution in [0.3, 0.4) is 0 Å². The average Bonchev–Trinajstić information content (AvgIpc) is 3.32. The molecule has 2 aromatic heterocycles. The summed E-state index contributed by atoms with van der Waals surface area (Å²) in [6, 6.07) is 11.4. The van der Waals surface area contributed by atoms with E-state index in [1.54, 1.807) is 18.1 Å². The van der Waals surface area contributed by atoms with Crippen LogP contribution in [0.15, 0.2) is 42.6 Å². The number of aromatic nitrogens is 2. The van der Waals surface area contributed by atoms with Crippen LogP contribution < -0.4 is 15.5 Å². The third-order valence-corrected chi connectivity index (χ3v) is 7.17. The van der Waals surface area contributed by atoms with Gasteiger partial charge in [0.15, 0.2) is 5.82 Å². The predicted molar refractivity (Wildman–Crippen MR) is 149 cm³/mol. The fraction of sp³-hybridized carbons (Fsp3) is 0.444. The fourth-order valence-electron chi connectivity index (χ4n) is 4.98. The molecule has 0 atom stereocenters. The minimum absolute atomic E-state index is 0.0416. The number of quaternary nitrogens is 1. The number of H-pyrrole nitrogens is 1. The van der Waals surface area contributed by atoms with E-state index >= 15 is 0 Å². The van der Waals surface area contributed by atoms with Crippen molar-refractivity contribution in [3.8, 4) is 0 Å². The molecule has 3 N–H and O–H groups in total. The highest BCUT2D eigenvalue weighted by Gasteiger charge is 2.26. The summed E-state index contributed by atoms with van der Waals surface area (Å²) in [5, 5.41) is 19.3. The van der Waals surface area contributed by atoms with Crippen molar-refractivity contribution >= 4 is 40.0 Å². The van der Waals surface area contributed by atoms with Crippen LogP contribution in [0, 0.1) is 5.21 Å². The summed E-state index contributed by atoms with van der Waals surface area (Å²) in [5.74, 6) is 0.874. The number of aromatic amines is 1. The quantitative estimate of drug-likeness (QED) is 0.351. The van der Waals surface area contributed by atoms with Crippen molar-refractivity contribution in [3.63, 3.8) is 0 Å². The molecule has 38 heavy (non-hydrogen) atoms. The van der Waals surface area contributed by atoms with E-state index < -0.39 is 0 Å². The highest BCUT2D eigenvalue weighted by molar-refractivity contribution is 6.00. The molecule has 3 aromatic rings. The molecule has 1 aromatic carbocycles.